The first-order valence-corrected chi connectivity index (χ1v) is 4.47. The lowest BCUT2D eigenvalue weighted by atomic mass is 10.2. The van der Waals surface area contributed by atoms with E-state index in [-0.39, 0.29) is 24.1 Å². The van der Waals surface area contributed by atoms with Gasteiger partial charge in [0, 0.05) is 12.1 Å². The second kappa shape index (κ2) is 4.23. The molecule has 1 saturated heterocycles. The fraction of sp³-hybridized carbons (Fsp3) is 0.556. The molecule has 1 unspecified atom stereocenters. The van der Waals surface area contributed by atoms with Gasteiger partial charge in [0.05, 0.1) is 6.04 Å². The van der Waals surface area contributed by atoms with Gasteiger partial charge in [0.25, 0.3) is 0 Å². The van der Waals surface area contributed by atoms with Gasteiger partial charge in [-0.25, -0.2) is 4.79 Å². The van der Waals surface area contributed by atoms with Crippen LogP contribution in [0.15, 0.2) is 12.2 Å². The summed E-state index contributed by atoms with van der Waals surface area (Å²) in [6, 6.07) is -0.328. The Bertz CT molecular complexity index is 275. The number of carboxylic acids is 1. The molecular formula is C9H14N2O3. The molecule has 0 aromatic heterocycles. The highest BCUT2D eigenvalue weighted by atomic mass is 16.4. The van der Waals surface area contributed by atoms with Crippen LogP contribution in [0.2, 0.25) is 0 Å². The molecule has 5 nitrogen and oxygen atoms in total. The molecule has 5 heteroatoms. The van der Waals surface area contributed by atoms with Gasteiger partial charge in [0.1, 0.15) is 0 Å². The van der Waals surface area contributed by atoms with Crippen molar-refractivity contribution in [3.63, 3.8) is 0 Å². The minimum atomic E-state index is -1.03. The van der Waals surface area contributed by atoms with Gasteiger partial charge < -0.3 is 10.8 Å². The number of carbonyl (C=O) groups excluding carboxylic acids is 1. The van der Waals surface area contributed by atoms with Gasteiger partial charge in [-0.15, -0.1) is 0 Å². The normalized spacial score (nSPS) is 22.1. The van der Waals surface area contributed by atoms with Gasteiger partial charge >= 0.3 is 5.97 Å². The maximum Gasteiger partial charge on any atom is 0.332 e. The second-order valence-corrected chi connectivity index (χ2v) is 3.44. The Morgan fingerprint density at radius 3 is 2.71 bits per heavy atom. The predicted molar refractivity (Wildman–Crippen MR) is 50.6 cm³/mol. The van der Waals surface area contributed by atoms with Gasteiger partial charge in [-0.2, -0.15) is 0 Å². The van der Waals surface area contributed by atoms with Gasteiger partial charge in [-0.3, -0.25) is 9.69 Å². The van der Waals surface area contributed by atoms with E-state index in [9.17, 15) is 9.59 Å². The minimum absolute atomic E-state index is 0.0955. The number of likely N-dealkylation sites (tertiary alicyclic amines) is 1. The summed E-state index contributed by atoms with van der Waals surface area (Å²) >= 11 is 0. The van der Waals surface area contributed by atoms with Crippen LogP contribution < -0.4 is 5.73 Å². The number of nitrogens with two attached hydrogens (primary N) is 1. The van der Waals surface area contributed by atoms with Crippen molar-refractivity contribution in [3.05, 3.63) is 12.2 Å². The van der Waals surface area contributed by atoms with Crippen molar-refractivity contribution in [2.45, 2.75) is 18.9 Å². The molecule has 0 aromatic carbocycles. The van der Waals surface area contributed by atoms with Gasteiger partial charge in [-0.05, 0) is 19.4 Å². The van der Waals surface area contributed by atoms with Gasteiger partial charge in [0.15, 0.2) is 0 Å². The van der Waals surface area contributed by atoms with Crippen molar-refractivity contribution < 1.29 is 14.7 Å². The van der Waals surface area contributed by atoms with Crippen molar-refractivity contribution in [1.82, 2.24) is 4.90 Å². The molecule has 1 amide bonds. The summed E-state index contributed by atoms with van der Waals surface area (Å²) < 4.78 is 0. The number of hydrogen-bond donors (Lipinski definition) is 2. The molecule has 1 aliphatic rings. The van der Waals surface area contributed by atoms with Crippen molar-refractivity contribution in [2.24, 2.45) is 5.73 Å². The first-order chi connectivity index (χ1) is 6.52. The summed E-state index contributed by atoms with van der Waals surface area (Å²) in [6.45, 7) is 4.34. The zero-order valence-corrected chi connectivity index (χ0v) is 7.90. The summed E-state index contributed by atoms with van der Waals surface area (Å²) in [7, 11) is 0. The standard InChI is InChI=1S/C9H14N2O3/c1-6(9(13)14)5-11-4-2-3-7(11)8(10)12/h7H,1-5H2,(H2,10,12)(H,13,14). The van der Waals surface area contributed by atoms with E-state index in [4.69, 9.17) is 10.8 Å². The molecule has 1 heterocycles. The lowest BCUT2D eigenvalue weighted by molar-refractivity contribution is -0.133. The molecule has 1 aliphatic heterocycles. The van der Waals surface area contributed by atoms with Crippen LogP contribution in [0.3, 0.4) is 0 Å². The third-order valence-electron chi connectivity index (χ3n) is 2.39. The monoisotopic (exact) mass is 198 g/mol. The highest BCUT2D eigenvalue weighted by Crippen LogP contribution is 2.17. The summed E-state index contributed by atoms with van der Waals surface area (Å²) in [5.74, 6) is -1.42. The Labute approximate surface area is 82.2 Å². The summed E-state index contributed by atoms with van der Waals surface area (Å²) in [5, 5.41) is 8.62. The molecular weight excluding hydrogens is 184 g/mol. The maximum atomic E-state index is 11.0. The van der Waals surface area contributed by atoms with E-state index in [1.54, 1.807) is 4.90 Å². The van der Waals surface area contributed by atoms with Crippen LogP contribution in [-0.2, 0) is 9.59 Å². The van der Waals surface area contributed by atoms with Crippen LogP contribution in [0.1, 0.15) is 12.8 Å². The van der Waals surface area contributed by atoms with Crippen molar-refractivity contribution >= 4 is 11.9 Å². The van der Waals surface area contributed by atoms with Crippen molar-refractivity contribution in [1.29, 1.82) is 0 Å². The molecule has 1 atom stereocenters. The number of nitrogens with zero attached hydrogens (tertiary/aromatic N) is 1. The number of amides is 1. The Balaban J connectivity index is 2.56. The van der Waals surface area contributed by atoms with Crippen LogP contribution in [0.5, 0.6) is 0 Å². The van der Waals surface area contributed by atoms with Crippen LogP contribution in [0.4, 0.5) is 0 Å². The number of hydrogen-bond acceptors (Lipinski definition) is 3. The smallest absolute Gasteiger partial charge is 0.332 e. The summed E-state index contributed by atoms with van der Waals surface area (Å²) in [5.41, 5.74) is 5.28. The quantitative estimate of drug-likeness (QED) is 0.601. The molecule has 1 fully saturated rings. The average molecular weight is 198 g/mol. The second-order valence-electron chi connectivity index (χ2n) is 3.44. The fourth-order valence-electron chi connectivity index (χ4n) is 1.65. The van der Waals surface area contributed by atoms with Crippen molar-refractivity contribution in [2.75, 3.05) is 13.1 Å². The Kier molecular flexibility index (Phi) is 3.24. The molecule has 3 N–H and O–H groups in total. The molecule has 14 heavy (non-hydrogen) atoms. The fourth-order valence-corrected chi connectivity index (χ4v) is 1.65. The first-order valence-electron chi connectivity index (χ1n) is 4.47. The van der Waals surface area contributed by atoms with Crippen LogP contribution in [0, 0.1) is 0 Å². The molecule has 1 rings (SSSR count). The number of rotatable bonds is 4. The molecule has 78 valence electrons. The van der Waals surface area contributed by atoms with Crippen LogP contribution >= 0.6 is 0 Å². The van der Waals surface area contributed by atoms with E-state index in [1.807, 2.05) is 0 Å². The van der Waals surface area contributed by atoms with E-state index in [1.165, 1.54) is 0 Å². The number of carboxylic acid groups (broad SMARTS) is 1. The summed E-state index contributed by atoms with van der Waals surface area (Å²) in [4.78, 5) is 23.3. The third kappa shape index (κ3) is 2.32. The largest absolute Gasteiger partial charge is 0.478 e. The SMILES string of the molecule is C=C(CN1CCCC1C(N)=O)C(=O)O. The van der Waals surface area contributed by atoms with E-state index in [2.05, 4.69) is 6.58 Å². The zero-order chi connectivity index (χ0) is 10.7. The lowest BCUT2D eigenvalue weighted by Crippen LogP contribution is -2.41. The minimum Gasteiger partial charge on any atom is -0.478 e. The van der Waals surface area contributed by atoms with Gasteiger partial charge in [0.2, 0.25) is 5.91 Å². The number of primary amides is 1. The topological polar surface area (TPSA) is 83.6 Å². The maximum absolute atomic E-state index is 11.0. The van der Waals surface area contributed by atoms with Crippen LogP contribution in [0.25, 0.3) is 0 Å². The Hall–Kier alpha value is -1.36. The highest BCUT2D eigenvalue weighted by molar-refractivity contribution is 5.86. The van der Waals surface area contributed by atoms with Crippen molar-refractivity contribution in [3.8, 4) is 0 Å². The molecule has 0 saturated carbocycles. The highest BCUT2D eigenvalue weighted by Gasteiger charge is 2.29. The zero-order valence-electron chi connectivity index (χ0n) is 7.90. The molecule has 0 spiro atoms. The predicted octanol–water partition coefficient (Wildman–Crippen LogP) is -0.423. The Morgan fingerprint density at radius 2 is 2.21 bits per heavy atom. The third-order valence-corrected chi connectivity index (χ3v) is 2.39. The molecule has 0 aliphatic carbocycles. The number of aliphatic carboxylic acids is 1. The van der Waals surface area contributed by atoms with E-state index < -0.39 is 5.97 Å². The molecule has 0 bridgehead atoms. The first kappa shape index (κ1) is 10.7. The molecule has 0 radical (unpaired) electrons. The Morgan fingerprint density at radius 1 is 1.57 bits per heavy atom. The lowest BCUT2D eigenvalue weighted by Gasteiger charge is -2.21. The van der Waals surface area contributed by atoms with Crippen LogP contribution in [-0.4, -0.2) is 41.0 Å². The molecule has 0 aromatic rings. The van der Waals surface area contributed by atoms with E-state index >= 15 is 0 Å². The average Bonchev–Trinajstić information content (AvgIpc) is 2.52. The van der Waals surface area contributed by atoms with Gasteiger partial charge in [-0.1, -0.05) is 6.58 Å². The summed E-state index contributed by atoms with van der Waals surface area (Å²) in [6.07, 6.45) is 1.59. The van der Waals surface area contributed by atoms with E-state index in [0.29, 0.717) is 13.0 Å². The van der Waals surface area contributed by atoms with E-state index in [0.717, 1.165) is 6.42 Å². The number of carbonyl (C=O) groups is 2.